The van der Waals surface area contributed by atoms with Crippen molar-refractivity contribution in [2.75, 3.05) is 19.1 Å². The number of hydrogen-bond donors (Lipinski definition) is 4. The zero-order valence-corrected chi connectivity index (χ0v) is 28.5. The Morgan fingerprint density at radius 3 is 2.51 bits per heavy atom. The first-order valence-electron chi connectivity index (χ1n) is 15.4. The zero-order valence-electron chi connectivity index (χ0n) is 27.7. The third-order valence-electron chi connectivity index (χ3n) is 8.22. The van der Waals surface area contributed by atoms with Crippen LogP contribution in [0.1, 0.15) is 72.1 Å². The van der Waals surface area contributed by atoms with Crippen molar-refractivity contribution in [2.24, 2.45) is 0 Å². The van der Waals surface area contributed by atoms with E-state index in [2.05, 4.69) is 60.9 Å². The number of pyridine rings is 1. The largest absolute Gasteiger partial charge is 0.480 e. The van der Waals surface area contributed by atoms with Crippen molar-refractivity contribution in [3.63, 3.8) is 0 Å². The van der Waals surface area contributed by atoms with Gasteiger partial charge in [-0.3, -0.25) is 29.2 Å². The maximum absolute atomic E-state index is 13.6. The van der Waals surface area contributed by atoms with E-state index in [1.165, 1.54) is 17.5 Å². The second-order valence-corrected chi connectivity index (χ2v) is 16.7. The molecule has 0 aliphatic carbocycles. The molecule has 1 saturated heterocycles. The Morgan fingerprint density at radius 2 is 1.87 bits per heavy atom. The molecular weight excluding hydrogens is 594 g/mol. The standard InChI is InChI=1S/C33H49N5O6S/c1-9-23-15-16-24-20-34-26(19-25(24)18-23)12-10-14-28(39)36-29(22(3)44-45(7,8)33(4,5)6)30(40)35-21(2)31(41)38-17-11-13-27(37-38)32(42)43/h10,12,15-16,18-22,27,29,37H,9,11,13-14,17H2,1-8H3,(H,35,40)(H,36,39)(H,42,43)/b12-10+. The van der Waals surface area contributed by atoms with Gasteiger partial charge in [0.25, 0.3) is 5.91 Å². The molecule has 2 aromatic rings. The highest BCUT2D eigenvalue weighted by Gasteiger charge is 2.37. The molecule has 45 heavy (non-hydrogen) atoms. The topological polar surface area (TPSA) is 150 Å². The molecule has 4 unspecified atom stereocenters. The van der Waals surface area contributed by atoms with Gasteiger partial charge in [-0.1, -0.05) is 52.0 Å². The number of carboxylic acids is 1. The van der Waals surface area contributed by atoms with Crippen molar-refractivity contribution < 1.29 is 28.5 Å². The molecular formula is C33H49N5O6S. The number of hydrazine groups is 1. The summed E-state index contributed by atoms with van der Waals surface area (Å²) in [7, 11) is -1.66. The lowest BCUT2D eigenvalue weighted by Gasteiger charge is -2.46. The van der Waals surface area contributed by atoms with E-state index in [4.69, 9.17) is 4.18 Å². The summed E-state index contributed by atoms with van der Waals surface area (Å²) in [5.74, 6) is -2.47. The van der Waals surface area contributed by atoms with Crippen molar-refractivity contribution in [2.45, 2.75) is 96.2 Å². The first-order valence-corrected chi connectivity index (χ1v) is 17.8. The van der Waals surface area contributed by atoms with E-state index >= 15 is 0 Å². The van der Waals surface area contributed by atoms with Crippen LogP contribution in [0.4, 0.5) is 0 Å². The summed E-state index contributed by atoms with van der Waals surface area (Å²) >= 11 is 0. The van der Waals surface area contributed by atoms with Gasteiger partial charge in [0.15, 0.2) is 0 Å². The van der Waals surface area contributed by atoms with E-state index < -0.39 is 52.3 Å². The van der Waals surface area contributed by atoms with Gasteiger partial charge in [-0.15, -0.1) is 10.3 Å². The predicted octanol–water partition coefficient (Wildman–Crippen LogP) is 3.95. The highest BCUT2D eigenvalue weighted by Crippen LogP contribution is 2.54. The Balaban J connectivity index is 1.72. The van der Waals surface area contributed by atoms with E-state index in [0.29, 0.717) is 25.1 Å². The maximum atomic E-state index is 13.6. The van der Waals surface area contributed by atoms with Crippen molar-refractivity contribution in [3.05, 3.63) is 47.8 Å². The summed E-state index contributed by atoms with van der Waals surface area (Å²) in [6.07, 6.45) is 10.5. The van der Waals surface area contributed by atoms with Gasteiger partial charge >= 0.3 is 5.97 Å². The van der Waals surface area contributed by atoms with Crippen LogP contribution in [0.15, 0.2) is 36.5 Å². The van der Waals surface area contributed by atoms with Crippen LogP contribution >= 0.6 is 10.3 Å². The van der Waals surface area contributed by atoms with Crippen LogP contribution in [0.5, 0.6) is 0 Å². The number of nitrogens with zero attached hydrogens (tertiary/aromatic N) is 2. The number of carbonyl (C=O) groups excluding carboxylic acids is 3. The number of carbonyl (C=O) groups is 4. The maximum Gasteiger partial charge on any atom is 0.322 e. The van der Waals surface area contributed by atoms with Crippen LogP contribution in [-0.2, 0) is 29.8 Å². The number of amides is 3. The number of carboxylic acid groups (broad SMARTS) is 1. The number of aliphatic carboxylic acids is 1. The summed E-state index contributed by atoms with van der Waals surface area (Å²) in [6.45, 7) is 11.9. The van der Waals surface area contributed by atoms with E-state index in [9.17, 15) is 24.3 Å². The van der Waals surface area contributed by atoms with Gasteiger partial charge in [0, 0.05) is 29.3 Å². The van der Waals surface area contributed by atoms with Crippen LogP contribution in [0.2, 0.25) is 0 Å². The Labute approximate surface area is 268 Å². The minimum atomic E-state index is -1.66. The molecule has 1 aliphatic rings. The smallest absolute Gasteiger partial charge is 0.322 e. The van der Waals surface area contributed by atoms with Gasteiger partial charge in [0.05, 0.1) is 11.8 Å². The zero-order chi connectivity index (χ0) is 33.5. The van der Waals surface area contributed by atoms with E-state index in [0.717, 1.165) is 17.2 Å². The minimum absolute atomic E-state index is 0.00347. The third kappa shape index (κ3) is 9.75. The Bertz CT molecular complexity index is 1420. The molecule has 3 rings (SSSR count). The summed E-state index contributed by atoms with van der Waals surface area (Å²) in [6, 6.07) is 5.30. The summed E-state index contributed by atoms with van der Waals surface area (Å²) in [5, 5.41) is 18.2. The molecule has 1 aromatic carbocycles. The quantitative estimate of drug-likeness (QED) is 0.272. The normalized spacial score (nSPS) is 18.3. The van der Waals surface area contributed by atoms with Gasteiger partial charge in [-0.25, -0.2) is 5.43 Å². The monoisotopic (exact) mass is 643 g/mol. The molecule has 0 spiro atoms. The van der Waals surface area contributed by atoms with E-state index in [-0.39, 0.29) is 17.1 Å². The number of aryl methyl sites for hydroxylation is 1. The molecule has 1 fully saturated rings. The Hall–Kier alpha value is -3.48. The van der Waals surface area contributed by atoms with Gasteiger partial charge in [-0.2, -0.15) is 0 Å². The molecule has 3 amide bonds. The molecule has 4 N–H and O–H groups in total. The van der Waals surface area contributed by atoms with Gasteiger partial charge in [0.2, 0.25) is 11.8 Å². The summed E-state index contributed by atoms with van der Waals surface area (Å²) in [4.78, 5) is 55.7. The number of rotatable bonds is 12. The highest BCUT2D eigenvalue weighted by atomic mass is 32.3. The molecule has 1 aromatic heterocycles. The van der Waals surface area contributed by atoms with Crippen LogP contribution in [-0.4, -0.2) is 86.8 Å². The van der Waals surface area contributed by atoms with Crippen LogP contribution in [0, 0.1) is 0 Å². The average molecular weight is 644 g/mol. The Morgan fingerprint density at radius 1 is 1.16 bits per heavy atom. The third-order valence-corrected chi connectivity index (χ3v) is 12.0. The Kier molecular flexibility index (Phi) is 12.2. The second kappa shape index (κ2) is 15.2. The lowest BCUT2D eigenvalue weighted by Crippen LogP contribution is -2.61. The molecule has 4 atom stereocenters. The molecule has 0 radical (unpaired) electrons. The van der Waals surface area contributed by atoms with Crippen molar-refractivity contribution >= 4 is 50.8 Å². The highest BCUT2D eigenvalue weighted by molar-refractivity contribution is 8.29. The molecule has 248 valence electrons. The first kappa shape index (κ1) is 36.0. The van der Waals surface area contributed by atoms with E-state index in [1.807, 2.05) is 24.6 Å². The second-order valence-electron chi connectivity index (χ2n) is 12.8. The summed E-state index contributed by atoms with van der Waals surface area (Å²) in [5.41, 5.74) is 4.67. The molecule has 0 bridgehead atoms. The van der Waals surface area contributed by atoms with Gasteiger partial charge in [0.1, 0.15) is 18.1 Å². The van der Waals surface area contributed by atoms with Crippen LogP contribution < -0.4 is 16.1 Å². The van der Waals surface area contributed by atoms with Crippen LogP contribution in [0.25, 0.3) is 16.8 Å². The fourth-order valence-corrected chi connectivity index (χ4v) is 5.89. The fourth-order valence-electron chi connectivity index (χ4n) is 4.73. The number of aromatic nitrogens is 1. The predicted molar refractivity (Wildman–Crippen MR) is 180 cm³/mol. The molecule has 2 heterocycles. The van der Waals surface area contributed by atoms with Crippen LogP contribution in [0.3, 0.4) is 0 Å². The first-order chi connectivity index (χ1) is 21.0. The van der Waals surface area contributed by atoms with E-state index in [1.54, 1.807) is 25.3 Å². The van der Waals surface area contributed by atoms with Crippen molar-refractivity contribution in [1.82, 2.24) is 26.1 Å². The summed E-state index contributed by atoms with van der Waals surface area (Å²) < 4.78 is 6.23. The van der Waals surface area contributed by atoms with Crippen molar-refractivity contribution in [3.8, 4) is 0 Å². The molecule has 12 heteroatoms. The lowest BCUT2D eigenvalue weighted by atomic mass is 10.1. The number of hydrogen-bond acceptors (Lipinski definition) is 7. The number of benzene rings is 1. The molecule has 0 saturated carbocycles. The van der Waals surface area contributed by atoms with Gasteiger partial charge < -0.3 is 19.9 Å². The lowest BCUT2D eigenvalue weighted by molar-refractivity contribution is -0.148. The molecule has 1 aliphatic heterocycles. The van der Waals surface area contributed by atoms with Crippen molar-refractivity contribution in [1.29, 1.82) is 0 Å². The number of fused-ring (bicyclic) bond motifs is 1. The SMILES string of the molecule is CCc1ccc2cnc(/C=C/CC(=O)NC(C(=O)NC(C)C(=O)N3CCCC(C(=O)O)N3)C(C)OS(C)(C)C(C)(C)C)cc2c1. The minimum Gasteiger partial charge on any atom is -0.480 e. The molecule has 11 nitrogen and oxygen atoms in total. The fraction of sp³-hybridized carbons (Fsp3) is 0.545. The average Bonchev–Trinajstić information content (AvgIpc) is 2.98. The number of nitrogens with one attached hydrogen (secondary N) is 3. The van der Waals surface area contributed by atoms with Gasteiger partial charge in [-0.05, 0) is 68.7 Å².